The lowest BCUT2D eigenvalue weighted by atomic mass is 10.1. The van der Waals surface area contributed by atoms with Crippen LogP contribution in [0.2, 0.25) is 0 Å². The lowest BCUT2D eigenvalue weighted by Gasteiger charge is -2.24. The monoisotopic (exact) mass is 248 g/mol. The number of nitrogens with one attached hydrogen (secondary N) is 2. The van der Waals surface area contributed by atoms with Gasteiger partial charge in [0.2, 0.25) is 0 Å². The quantitative estimate of drug-likeness (QED) is 0.857. The van der Waals surface area contributed by atoms with E-state index in [1.54, 1.807) is 0 Å². The molecule has 1 unspecified atom stereocenters. The fourth-order valence-electron chi connectivity index (χ4n) is 2.07. The van der Waals surface area contributed by atoms with E-state index in [0.29, 0.717) is 18.2 Å². The van der Waals surface area contributed by atoms with Crippen molar-refractivity contribution >= 4 is 11.6 Å². The van der Waals surface area contributed by atoms with Crippen molar-refractivity contribution in [3.63, 3.8) is 0 Å². The molecule has 18 heavy (non-hydrogen) atoms. The van der Waals surface area contributed by atoms with Crippen LogP contribution in [0.5, 0.6) is 0 Å². The second kappa shape index (κ2) is 6.40. The molecule has 1 saturated heterocycles. The molecular weight excluding hydrogens is 228 g/mol. The van der Waals surface area contributed by atoms with Crippen LogP contribution in [0.1, 0.15) is 30.1 Å². The number of rotatable bonds is 4. The van der Waals surface area contributed by atoms with E-state index in [-0.39, 0.29) is 5.91 Å². The molecule has 1 atom stereocenters. The van der Waals surface area contributed by atoms with Gasteiger partial charge in [-0.2, -0.15) is 0 Å². The molecule has 4 heteroatoms. The van der Waals surface area contributed by atoms with Gasteiger partial charge in [-0.1, -0.05) is 0 Å². The van der Waals surface area contributed by atoms with Gasteiger partial charge < -0.3 is 15.4 Å². The van der Waals surface area contributed by atoms with Gasteiger partial charge in [0.1, 0.15) is 0 Å². The maximum absolute atomic E-state index is 11.6. The van der Waals surface area contributed by atoms with E-state index in [4.69, 9.17) is 4.74 Å². The Morgan fingerprint density at radius 1 is 1.39 bits per heavy atom. The lowest BCUT2D eigenvalue weighted by molar-refractivity contribution is 0.0876. The van der Waals surface area contributed by atoms with Crippen molar-refractivity contribution in [2.75, 3.05) is 25.1 Å². The average molecular weight is 248 g/mol. The van der Waals surface area contributed by atoms with E-state index in [9.17, 15) is 4.79 Å². The Bertz CT molecular complexity index is 383. The minimum Gasteiger partial charge on any atom is -0.380 e. The van der Waals surface area contributed by atoms with Crippen molar-refractivity contribution in [1.29, 1.82) is 0 Å². The third-order valence-electron chi connectivity index (χ3n) is 3.02. The third-order valence-corrected chi connectivity index (χ3v) is 3.02. The second-order valence-electron chi connectivity index (χ2n) is 4.50. The molecule has 2 rings (SSSR count). The highest BCUT2D eigenvalue weighted by atomic mass is 16.5. The molecule has 1 aliphatic rings. The number of anilines is 1. The molecule has 1 fully saturated rings. The van der Waals surface area contributed by atoms with Crippen molar-refractivity contribution in [3.05, 3.63) is 29.8 Å². The van der Waals surface area contributed by atoms with Crippen LogP contribution in [0.15, 0.2) is 24.3 Å². The van der Waals surface area contributed by atoms with Gasteiger partial charge in [0.15, 0.2) is 0 Å². The summed E-state index contributed by atoms with van der Waals surface area (Å²) in [5.41, 5.74) is 1.74. The summed E-state index contributed by atoms with van der Waals surface area (Å²) in [5, 5.41) is 6.21. The Kier molecular flexibility index (Phi) is 4.59. The Labute approximate surface area is 108 Å². The molecule has 0 aliphatic carbocycles. The van der Waals surface area contributed by atoms with E-state index < -0.39 is 0 Å². The van der Waals surface area contributed by atoms with Gasteiger partial charge in [-0.15, -0.1) is 0 Å². The number of carbonyl (C=O) groups is 1. The summed E-state index contributed by atoms with van der Waals surface area (Å²) in [6, 6.07) is 7.96. The maximum Gasteiger partial charge on any atom is 0.251 e. The zero-order valence-corrected chi connectivity index (χ0v) is 10.7. The third kappa shape index (κ3) is 3.47. The Morgan fingerprint density at radius 3 is 2.78 bits per heavy atom. The van der Waals surface area contributed by atoms with Gasteiger partial charge in [-0.3, -0.25) is 4.79 Å². The van der Waals surface area contributed by atoms with Gasteiger partial charge in [0.25, 0.3) is 5.91 Å². The molecule has 98 valence electrons. The minimum absolute atomic E-state index is 0.0231. The zero-order valence-electron chi connectivity index (χ0n) is 10.7. The van der Waals surface area contributed by atoms with E-state index in [1.807, 2.05) is 31.2 Å². The standard InChI is InChI=1S/C14H20N2O2/c1-2-15-14(17)11-5-7-12(8-6-11)16-13-4-3-9-18-10-13/h5-8,13,16H,2-4,9-10H2,1H3,(H,15,17). The molecule has 0 spiro atoms. The zero-order chi connectivity index (χ0) is 12.8. The summed E-state index contributed by atoms with van der Waals surface area (Å²) in [4.78, 5) is 11.6. The van der Waals surface area contributed by atoms with Gasteiger partial charge in [-0.25, -0.2) is 0 Å². The minimum atomic E-state index is -0.0231. The molecule has 1 amide bonds. The number of hydrogen-bond donors (Lipinski definition) is 2. The molecule has 0 saturated carbocycles. The Morgan fingerprint density at radius 2 is 2.17 bits per heavy atom. The van der Waals surface area contributed by atoms with Crippen molar-refractivity contribution in [2.45, 2.75) is 25.8 Å². The highest BCUT2D eigenvalue weighted by molar-refractivity contribution is 5.94. The summed E-state index contributed by atoms with van der Waals surface area (Å²) in [6.45, 7) is 4.20. The topological polar surface area (TPSA) is 50.4 Å². The van der Waals surface area contributed by atoms with Crippen LogP contribution in [-0.2, 0) is 4.74 Å². The first-order valence-corrected chi connectivity index (χ1v) is 6.52. The first kappa shape index (κ1) is 12.9. The lowest BCUT2D eigenvalue weighted by Crippen LogP contribution is -2.30. The van der Waals surface area contributed by atoms with E-state index in [1.165, 1.54) is 0 Å². The molecule has 4 nitrogen and oxygen atoms in total. The molecule has 0 bridgehead atoms. The molecule has 0 radical (unpaired) electrons. The SMILES string of the molecule is CCNC(=O)c1ccc(NC2CCCOC2)cc1. The number of carbonyl (C=O) groups excluding carboxylic acids is 1. The number of benzene rings is 1. The average Bonchev–Trinajstić information content (AvgIpc) is 2.41. The number of hydrogen-bond acceptors (Lipinski definition) is 3. The predicted molar refractivity (Wildman–Crippen MR) is 71.9 cm³/mol. The van der Waals surface area contributed by atoms with Crippen molar-refractivity contribution < 1.29 is 9.53 Å². The largest absolute Gasteiger partial charge is 0.380 e. The van der Waals surface area contributed by atoms with E-state index in [2.05, 4.69) is 10.6 Å². The van der Waals surface area contributed by atoms with Crippen LogP contribution in [-0.4, -0.2) is 31.7 Å². The Balaban J connectivity index is 1.92. The highest BCUT2D eigenvalue weighted by Crippen LogP contribution is 2.15. The Hall–Kier alpha value is -1.55. The van der Waals surface area contributed by atoms with Gasteiger partial charge >= 0.3 is 0 Å². The van der Waals surface area contributed by atoms with Crippen molar-refractivity contribution in [3.8, 4) is 0 Å². The van der Waals surface area contributed by atoms with Crippen LogP contribution >= 0.6 is 0 Å². The summed E-state index contributed by atoms with van der Waals surface area (Å²) in [7, 11) is 0. The van der Waals surface area contributed by atoms with Crippen molar-refractivity contribution in [1.82, 2.24) is 5.32 Å². The summed E-state index contributed by atoms with van der Waals surface area (Å²) in [6.07, 6.45) is 2.24. The molecule has 0 aromatic heterocycles. The van der Waals surface area contributed by atoms with E-state index >= 15 is 0 Å². The molecule has 1 aliphatic heterocycles. The number of amides is 1. The molecule has 2 N–H and O–H groups in total. The van der Waals surface area contributed by atoms with Crippen LogP contribution in [0.3, 0.4) is 0 Å². The predicted octanol–water partition coefficient (Wildman–Crippen LogP) is 2.03. The van der Waals surface area contributed by atoms with Crippen LogP contribution in [0.25, 0.3) is 0 Å². The molecule has 1 aromatic carbocycles. The van der Waals surface area contributed by atoms with Crippen molar-refractivity contribution in [2.24, 2.45) is 0 Å². The smallest absolute Gasteiger partial charge is 0.251 e. The fourth-order valence-corrected chi connectivity index (χ4v) is 2.07. The highest BCUT2D eigenvalue weighted by Gasteiger charge is 2.13. The van der Waals surface area contributed by atoms with Crippen LogP contribution < -0.4 is 10.6 Å². The first-order valence-electron chi connectivity index (χ1n) is 6.52. The fraction of sp³-hybridized carbons (Fsp3) is 0.500. The van der Waals surface area contributed by atoms with E-state index in [0.717, 1.165) is 31.7 Å². The van der Waals surface area contributed by atoms with Gasteiger partial charge in [-0.05, 0) is 44.0 Å². The van der Waals surface area contributed by atoms with Gasteiger partial charge in [0.05, 0.1) is 6.61 Å². The molecule has 1 aromatic rings. The number of ether oxygens (including phenoxy) is 1. The summed E-state index contributed by atoms with van der Waals surface area (Å²) in [5.74, 6) is -0.0231. The van der Waals surface area contributed by atoms with Crippen LogP contribution in [0.4, 0.5) is 5.69 Å². The second-order valence-corrected chi connectivity index (χ2v) is 4.50. The molecular formula is C14H20N2O2. The normalized spacial score (nSPS) is 19.3. The van der Waals surface area contributed by atoms with Crippen LogP contribution in [0, 0.1) is 0 Å². The first-order chi connectivity index (χ1) is 8.79. The maximum atomic E-state index is 11.6. The summed E-state index contributed by atoms with van der Waals surface area (Å²) >= 11 is 0. The van der Waals surface area contributed by atoms with Gasteiger partial charge in [0, 0.05) is 30.4 Å². The summed E-state index contributed by atoms with van der Waals surface area (Å²) < 4.78 is 5.42. The molecule has 1 heterocycles.